The lowest BCUT2D eigenvalue weighted by Gasteiger charge is -2.22. The fourth-order valence-corrected chi connectivity index (χ4v) is 5.93. The molecule has 4 aromatic rings. The molecule has 158 valence electrons. The lowest BCUT2D eigenvalue weighted by molar-refractivity contribution is -0.131. The molecule has 1 atom stereocenters. The van der Waals surface area contributed by atoms with E-state index in [2.05, 4.69) is 6.07 Å². The fourth-order valence-electron chi connectivity index (χ4n) is 3.99. The Balaban J connectivity index is 1.29. The predicted octanol–water partition coefficient (Wildman–Crippen LogP) is 5.72. The van der Waals surface area contributed by atoms with Crippen molar-refractivity contribution in [3.8, 4) is 16.3 Å². The van der Waals surface area contributed by atoms with Gasteiger partial charge in [-0.1, -0.05) is 12.1 Å². The molecule has 0 N–H and O–H groups in total. The molecular formula is C24H23N3O2S2. The Morgan fingerprint density at radius 3 is 2.81 bits per heavy atom. The molecule has 3 heterocycles. The molecule has 1 unspecified atom stereocenters. The standard InChI is InChI=1S/C24H23N3O2S2/c1-2-29-18-11-9-16(10-12-18)23-25-17(15-30-23)14-22(28)27-13-5-7-20(27)24-26-19-6-3-4-8-21(19)31-24/h3-4,6,8-12,15,20H,2,5,7,13-14H2,1H3. The van der Waals surface area contributed by atoms with Crippen LogP contribution in [-0.4, -0.2) is 33.9 Å². The van der Waals surface area contributed by atoms with Crippen molar-refractivity contribution in [3.63, 3.8) is 0 Å². The highest BCUT2D eigenvalue weighted by Crippen LogP contribution is 2.37. The first-order chi connectivity index (χ1) is 15.2. The third-order valence-corrected chi connectivity index (χ3v) is 7.54. The molecule has 1 amide bonds. The molecule has 5 rings (SSSR count). The Morgan fingerprint density at radius 1 is 1.16 bits per heavy atom. The van der Waals surface area contributed by atoms with Crippen molar-refractivity contribution in [2.75, 3.05) is 13.2 Å². The maximum atomic E-state index is 13.1. The number of rotatable bonds is 6. The van der Waals surface area contributed by atoms with Crippen LogP contribution in [0.1, 0.15) is 36.5 Å². The van der Waals surface area contributed by atoms with Crippen LogP contribution < -0.4 is 4.74 Å². The molecule has 31 heavy (non-hydrogen) atoms. The Morgan fingerprint density at radius 2 is 2.00 bits per heavy atom. The number of carbonyl (C=O) groups excluding carboxylic acids is 1. The molecule has 2 aromatic carbocycles. The number of fused-ring (bicyclic) bond motifs is 1. The molecule has 0 spiro atoms. The van der Waals surface area contributed by atoms with E-state index in [4.69, 9.17) is 14.7 Å². The van der Waals surface area contributed by atoms with E-state index in [0.29, 0.717) is 13.0 Å². The molecule has 2 aromatic heterocycles. The minimum atomic E-state index is 0.0779. The van der Waals surface area contributed by atoms with E-state index in [9.17, 15) is 4.79 Å². The van der Waals surface area contributed by atoms with Gasteiger partial charge in [0.1, 0.15) is 15.8 Å². The summed E-state index contributed by atoms with van der Waals surface area (Å²) < 4.78 is 6.68. The van der Waals surface area contributed by atoms with Gasteiger partial charge in [-0.2, -0.15) is 0 Å². The van der Waals surface area contributed by atoms with Crippen molar-refractivity contribution < 1.29 is 9.53 Å². The van der Waals surface area contributed by atoms with Gasteiger partial charge in [-0.15, -0.1) is 22.7 Å². The van der Waals surface area contributed by atoms with E-state index in [1.54, 1.807) is 22.7 Å². The number of hydrogen-bond donors (Lipinski definition) is 0. The summed E-state index contributed by atoms with van der Waals surface area (Å²) in [6, 6.07) is 16.2. The summed E-state index contributed by atoms with van der Waals surface area (Å²) in [7, 11) is 0. The number of aromatic nitrogens is 2. The van der Waals surface area contributed by atoms with Crippen LogP contribution in [-0.2, 0) is 11.2 Å². The summed E-state index contributed by atoms with van der Waals surface area (Å²) >= 11 is 3.27. The van der Waals surface area contributed by atoms with Crippen molar-refractivity contribution in [2.45, 2.75) is 32.2 Å². The molecule has 5 nitrogen and oxygen atoms in total. The first-order valence-electron chi connectivity index (χ1n) is 10.5. The summed E-state index contributed by atoms with van der Waals surface area (Å²) in [5.74, 6) is 0.985. The predicted molar refractivity (Wildman–Crippen MR) is 126 cm³/mol. The highest BCUT2D eigenvalue weighted by Gasteiger charge is 2.32. The number of ether oxygens (including phenoxy) is 1. The van der Waals surface area contributed by atoms with Crippen molar-refractivity contribution in [2.24, 2.45) is 0 Å². The van der Waals surface area contributed by atoms with Gasteiger partial charge < -0.3 is 9.64 Å². The average molecular weight is 450 g/mol. The molecule has 0 radical (unpaired) electrons. The number of benzene rings is 2. The van der Waals surface area contributed by atoms with E-state index in [-0.39, 0.29) is 11.9 Å². The Kier molecular flexibility index (Phi) is 5.70. The van der Waals surface area contributed by atoms with E-state index in [0.717, 1.165) is 51.9 Å². The second kappa shape index (κ2) is 8.77. The zero-order chi connectivity index (χ0) is 21.2. The van der Waals surface area contributed by atoms with Crippen LogP contribution in [0.25, 0.3) is 20.8 Å². The highest BCUT2D eigenvalue weighted by molar-refractivity contribution is 7.18. The van der Waals surface area contributed by atoms with E-state index >= 15 is 0 Å². The summed E-state index contributed by atoms with van der Waals surface area (Å²) in [4.78, 5) is 24.6. The summed E-state index contributed by atoms with van der Waals surface area (Å²) in [6.45, 7) is 3.41. The Hall–Kier alpha value is -2.77. The molecule has 1 saturated heterocycles. The van der Waals surface area contributed by atoms with Gasteiger partial charge in [-0.25, -0.2) is 9.97 Å². The third-order valence-electron chi connectivity index (χ3n) is 5.46. The minimum absolute atomic E-state index is 0.0779. The number of hydrogen-bond acceptors (Lipinski definition) is 6. The zero-order valence-electron chi connectivity index (χ0n) is 17.3. The van der Waals surface area contributed by atoms with Crippen LogP contribution in [0, 0.1) is 0 Å². The second-order valence-electron chi connectivity index (χ2n) is 7.54. The van der Waals surface area contributed by atoms with Crippen molar-refractivity contribution in [1.82, 2.24) is 14.9 Å². The van der Waals surface area contributed by atoms with Gasteiger partial charge in [0, 0.05) is 17.5 Å². The number of amides is 1. The first-order valence-corrected chi connectivity index (χ1v) is 12.2. The van der Waals surface area contributed by atoms with Gasteiger partial charge in [-0.3, -0.25) is 4.79 Å². The monoisotopic (exact) mass is 449 g/mol. The van der Waals surface area contributed by atoms with E-state index in [1.165, 1.54) is 4.70 Å². The van der Waals surface area contributed by atoms with E-state index < -0.39 is 0 Å². The first kappa shape index (κ1) is 20.2. The Bertz CT molecular complexity index is 1170. The van der Waals surface area contributed by atoms with Crippen LogP contribution in [0.5, 0.6) is 5.75 Å². The van der Waals surface area contributed by atoms with Crippen LogP contribution in [0.3, 0.4) is 0 Å². The molecule has 1 aliphatic heterocycles. The molecule has 0 saturated carbocycles. The van der Waals surface area contributed by atoms with Gasteiger partial charge in [-0.05, 0) is 56.2 Å². The molecule has 1 aliphatic rings. The maximum absolute atomic E-state index is 13.1. The van der Waals surface area contributed by atoms with Gasteiger partial charge in [0.05, 0.1) is 35.0 Å². The molecule has 0 bridgehead atoms. The summed E-state index contributed by atoms with van der Waals surface area (Å²) in [5.41, 5.74) is 2.89. The van der Waals surface area contributed by atoms with Gasteiger partial charge in [0.25, 0.3) is 0 Å². The van der Waals surface area contributed by atoms with E-state index in [1.807, 2.05) is 59.7 Å². The SMILES string of the molecule is CCOc1ccc(-c2nc(CC(=O)N3CCCC3c3nc4ccccc4s3)cs2)cc1. The Labute approximate surface area is 189 Å². The summed E-state index contributed by atoms with van der Waals surface area (Å²) in [6.07, 6.45) is 2.32. The lowest BCUT2D eigenvalue weighted by atomic mass is 10.2. The third kappa shape index (κ3) is 4.20. The minimum Gasteiger partial charge on any atom is -0.494 e. The number of carbonyl (C=O) groups is 1. The largest absolute Gasteiger partial charge is 0.494 e. The normalized spacial score (nSPS) is 16.2. The highest BCUT2D eigenvalue weighted by atomic mass is 32.1. The van der Waals surface area contributed by atoms with Crippen molar-refractivity contribution in [1.29, 1.82) is 0 Å². The van der Waals surface area contributed by atoms with Gasteiger partial charge >= 0.3 is 0 Å². The quantitative estimate of drug-likeness (QED) is 0.377. The van der Waals surface area contributed by atoms with Gasteiger partial charge in [0.15, 0.2) is 0 Å². The molecule has 7 heteroatoms. The summed E-state index contributed by atoms with van der Waals surface area (Å²) in [5, 5.41) is 3.96. The fraction of sp³-hybridized carbons (Fsp3) is 0.292. The molecule has 1 fully saturated rings. The molecule has 0 aliphatic carbocycles. The number of thiazole rings is 2. The second-order valence-corrected chi connectivity index (χ2v) is 9.46. The van der Waals surface area contributed by atoms with Crippen molar-refractivity contribution >= 4 is 38.8 Å². The molecular weight excluding hydrogens is 426 g/mol. The number of para-hydroxylation sites is 1. The van der Waals surface area contributed by atoms with Crippen LogP contribution in [0.2, 0.25) is 0 Å². The van der Waals surface area contributed by atoms with Crippen LogP contribution >= 0.6 is 22.7 Å². The van der Waals surface area contributed by atoms with Crippen LogP contribution in [0.15, 0.2) is 53.9 Å². The topological polar surface area (TPSA) is 55.3 Å². The van der Waals surface area contributed by atoms with Gasteiger partial charge in [0.2, 0.25) is 5.91 Å². The zero-order valence-corrected chi connectivity index (χ0v) is 18.9. The smallest absolute Gasteiger partial charge is 0.229 e. The average Bonchev–Trinajstić information content (AvgIpc) is 3.53. The van der Waals surface area contributed by atoms with Crippen molar-refractivity contribution in [3.05, 3.63) is 64.6 Å². The van der Waals surface area contributed by atoms with Crippen LogP contribution in [0.4, 0.5) is 0 Å². The maximum Gasteiger partial charge on any atom is 0.229 e. The lowest BCUT2D eigenvalue weighted by Crippen LogP contribution is -2.31. The number of likely N-dealkylation sites (tertiary alicyclic amines) is 1. The number of nitrogens with zero attached hydrogens (tertiary/aromatic N) is 3.